The van der Waals surface area contributed by atoms with E-state index in [1.54, 1.807) is 23.5 Å². The number of ketones is 1. The number of benzene rings is 2. The molecule has 0 saturated heterocycles. The van der Waals surface area contributed by atoms with Gasteiger partial charge in [-0.1, -0.05) is 35.5 Å². The van der Waals surface area contributed by atoms with Crippen LogP contribution in [0.5, 0.6) is 0 Å². The second kappa shape index (κ2) is 8.92. The number of nitrogens with zero attached hydrogens (tertiary/aromatic N) is 2. The van der Waals surface area contributed by atoms with Crippen molar-refractivity contribution in [3.8, 4) is 0 Å². The number of thioether (sulfide) groups is 1. The maximum atomic E-state index is 13.1. The van der Waals surface area contributed by atoms with Gasteiger partial charge in [-0.3, -0.25) is 4.79 Å². The molecule has 4 aromatic rings. The Balaban J connectivity index is 1.43. The summed E-state index contributed by atoms with van der Waals surface area (Å²) in [5, 5.41) is 0.661. The molecule has 30 heavy (non-hydrogen) atoms. The highest BCUT2D eigenvalue weighted by Crippen LogP contribution is 2.31. The zero-order chi connectivity index (χ0) is 21.3. The number of carbonyl (C=O) groups is 1. The monoisotopic (exact) mass is 458 g/mol. The molecule has 2 aromatic carbocycles. The van der Waals surface area contributed by atoms with E-state index < -0.39 is 0 Å². The number of carbonyl (C=O) groups excluding carboxylic acids is 1. The Morgan fingerprint density at radius 3 is 2.70 bits per heavy atom. The number of hydrogen-bond donors (Lipinski definition) is 0. The van der Waals surface area contributed by atoms with Gasteiger partial charge < -0.3 is 4.57 Å². The third-order valence-electron chi connectivity index (χ3n) is 5.07. The van der Waals surface area contributed by atoms with Gasteiger partial charge in [0.1, 0.15) is 5.82 Å². The van der Waals surface area contributed by atoms with E-state index in [1.165, 1.54) is 23.9 Å². The molecule has 0 aliphatic carbocycles. The van der Waals surface area contributed by atoms with Crippen molar-refractivity contribution in [2.45, 2.75) is 31.2 Å². The van der Waals surface area contributed by atoms with Crippen LogP contribution in [-0.4, -0.2) is 21.1 Å². The highest BCUT2D eigenvalue weighted by molar-refractivity contribution is 8.01. The predicted octanol–water partition coefficient (Wildman–Crippen LogP) is 6.72. The lowest BCUT2D eigenvalue weighted by molar-refractivity contribution is 0.102. The van der Waals surface area contributed by atoms with E-state index in [0.29, 0.717) is 10.8 Å². The number of Topliss-reactive ketones (excluding diaryl/α,β-unsaturated/α-hetero) is 1. The molecule has 0 atom stereocenters. The van der Waals surface area contributed by atoms with Gasteiger partial charge in [-0.05, 0) is 62.2 Å². The number of aryl methyl sites for hydroxylation is 2. The lowest BCUT2D eigenvalue weighted by atomic mass is 10.1. The van der Waals surface area contributed by atoms with Crippen LogP contribution in [0.25, 0.3) is 10.2 Å². The first-order valence-electron chi connectivity index (χ1n) is 9.54. The van der Waals surface area contributed by atoms with Crippen molar-refractivity contribution in [3.05, 3.63) is 81.9 Å². The molecule has 4 rings (SSSR count). The molecule has 0 aliphatic rings. The van der Waals surface area contributed by atoms with Crippen LogP contribution in [-0.2, 0) is 13.0 Å². The molecule has 0 spiro atoms. The fraction of sp³-hybridized carbons (Fsp3) is 0.217. The molecule has 0 aliphatic heterocycles. The summed E-state index contributed by atoms with van der Waals surface area (Å²) in [4.78, 5) is 17.4. The highest BCUT2D eigenvalue weighted by Gasteiger charge is 2.17. The first kappa shape index (κ1) is 21.1. The van der Waals surface area contributed by atoms with E-state index in [4.69, 9.17) is 11.6 Å². The Kier molecular flexibility index (Phi) is 6.27. The van der Waals surface area contributed by atoms with E-state index in [-0.39, 0.29) is 11.6 Å². The number of fused-ring (bicyclic) bond motifs is 1. The molecule has 2 aromatic heterocycles. The molecule has 0 bridgehead atoms. The lowest BCUT2D eigenvalue weighted by Gasteiger charge is -2.10. The molecule has 0 N–H and O–H groups in total. The van der Waals surface area contributed by atoms with Gasteiger partial charge in [-0.2, -0.15) is 0 Å². The number of aromatic nitrogens is 2. The average molecular weight is 459 g/mol. The Labute approximate surface area is 187 Å². The summed E-state index contributed by atoms with van der Waals surface area (Å²) < 4.78 is 17.2. The predicted molar refractivity (Wildman–Crippen MR) is 124 cm³/mol. The fourth-order valence-electron chi connectivity index (χ4n) is 3.47. The maximum absolute atomic E-state index is 13.1. The van der Waals surface area contributed by atoms with Crippen molar-refractivity contribution in [1.29, 1.82) is 0 Å². The van der Waals surface area contributed by atoms with Crippen molar-refractivity contribution in [2.75, 3.05) is 5.75 Å². The van der Waals surface area contributed by atoms with Gasteiger partial charge in [0.15, 0.2) is 10.1 Å². The van der Waals surface area contributed by atoms with E-state index >= 15 is 0 Å². The van der Waals surface area contributed by atoms with Crippen LogP contribution in [0.3, 0.4) is 0 Å². The van der Waals surface area contributed by atoms with Gasteiger partial charge in [0.2, 0.25) is 0 Å². The van der Waals surface area contributed by atoms with Gasteiger partial charge in [-0.15, -0.1) is 11.3 Å². The minimum Gasteiger partial charge on any atom is -0.348 e. The van der Waals surface area contributed by atoms with Crippen LogP contribution in [0, 0.1) is 19.7 Å². The van der Waals surface area contributed by atoms with Crippen LogP contribution in [0.4, 0.5) is 4.39 Å². The molecule has 0 unspecified atom stereocenters. The molecule has 7 heteroatoms. The second-order valence-electron chi connectivity index (χ2n) is 7.12. The zero-order valence-electron chi connectivity index (χ0n) is 16.6. The van der Waals surface area contributed by atoms with Crippen molar-refractivity contribution >= 4 is 50.7 Å². The molecule has 0 amide bonds. The number of thiazole rings is 1. The lowest BCUT2D eigenvalue weighted by Crippen LogP contribution is -2.08. The van der Waals surface area contributed by atoms with Gasteiger partial charge in [0, 0.05) is 28.5 Å². The van der Waals surface area contributed by atoms with Gasteiger partial charge in [0.05, 0.1) is 16.0 Å². The highest BCUT2D eigenvalue weighted by atomic mass is 35.5. The smallest absolute Gasteiger partial charge is 0.174 e. The molecule has 2 heterocycles. The zero-order valence-corrected chi connectivity index (χ0v) is 19.0. The van der Waals surface area contributed by atoms with E-state index in [0.717, 1.165) is 50.0 Å². The first-order chi connectivity index (χ1) is 14.4. The van der Waals surface area contributed by atoms with Crippen LogP contribution >= 0.6 is 34.7 Å². The topological polar surface area (TPSA) is 34.9 Å². The van der Waals surface area contributed by atoms with Crippen molar-refractivity contribution in [1.82, 2.24) is 9.55 Å². The summed E-state index contributed by atoms with van der Waals surface area (Å²) in [6, 6.07) is 14.2. The van der Waals surface area contributed by atoms with Gasteiger partial charge >= 0.3 is 0 Å². The Hall–Kier alpha value is -2.15. The standard InChI is InChI=1S/C23H20ClFN2OS2/c1-14-11-19(15(2)27(14)10-9-16-3-6-18(25)7-4-16)21(28)13-29-23-26-20-12-17(24)5-8-22(20)30-23/h3-8,11-12H,9-10,13H2,1-2H3. The normalized spacial score (nSPS) is 11.3. The van der Waals surface area contributed by atoms with Crippen LogP contribution in [0.15, 0.2) is 52.9 Å². The van der Waals surface area contributed by atoms with Crippen molar-refractivity contribution in [3.63, 3.8) is 0 Å². The van der Waals surface area contributed by atoms with Crippen molar-refractivity contribution in [2.24, 2.45) is 0 Å². The Morgan fingerprint density at radius 2 is 1.93 bits per heavy atom. The largest absolute Gasteiger partial charge is 0.348 e. The van der Waals surface area contributed by atoms with E-state index in [9.17, 15) is 9.18 Å². The summed E-state index contributed by atoms with van der Waals surface area (Å²) in [6.07, 6.45) is 0.785. The fourth-order valence-corrected chi connectivity index (χ4v) is 5.56. The number of halogens is 2. The quantitative estimate of drug-likeness (QED) is 0.227. The molecule has 3 nitrogen and oxygen atoms in total. The first-order valence-corrected chi connectivity index (χ1v) is 11.7. The van der Waals surface area contributed by atoms with E-state index in [1.807, 2.05) is 38.1 Å². The molecule has 0 fully saturated rings. The third kappa shape index (κ3) is 4.61. The summed E-state index contributed by atoms with van der Waals surface area (Å²) in [6.45, 7) is 4.75. The number of rotatable bonds is 7. The van der Waals surface area contributed by atoms with Gasteiger partial charge in [-0.25, -0.2) is 9.37 Å². The Morgan fingerprint density at radius 1 is 1.17 bits per heavy atom. The molecular formula is C23H20ClFN2OS2. The van der Waals surface area contributed by atoms with Gasteiger partial charge in [0.25, 0.3) is 0 Å². The van der Waals surface area contributed by atoms with Crippen LogP contribution < -0.4 is 0 Å². The minimum absolute atomic E-state index is 0.0958. The SMILES string of the molecule is Cc1cc(C(=O)CSc2nc3cc(Cl)ccc3s2)c(C)n1CCc1ccc(F)cc1. The summed E-state index contributed by atoms with van der Waals surface area (Å²) >= 11 is 9.06. The Bertz CT molecular complexity index is 1210. The number of hydrogen-bond acceptors (Lipinski definition) is 4. The van der Waals surface area contributed by atoms with Crippen molar-refractivity contribution < 1.29 is 9.18 Å². The summed E-state index contributed by atoms with van der Waals surface area (Å²) in [5.74, 6) is 0.211. The minimum atomic E-state index is -0.228. The second-order valence-corrected chi connectivity index (χ2v) is 9.81. The van der Waals surface area contributed by atoms with Crippen LogP contribution in [0.2, 0.25) is 5.02 Å². The summed E-state index contributed by atoms with van der Waals surface area (Å²) in [5.41, 5.74) is 4.71. The molecule has 0 saturated carbocycles. The summed E-state index contributed by atoms with van der Waals surface area (Å²) in [7, 11) is 0. The maximum Gasteiger partial charge on any atom is 0.174 e. The van der Waals surface area contributed by atoms with Crippen LogP contribution in [0.1, 0.15) is 27.3 Å². The molecule has 154 valence electrons. The van der Waals surface area contributed by atoms with E-state index in [2.05, 4.69) is 9.55 Å². The molecular weight excluding hydrogens is 439 g/mol. The third-order valence-corrected chi connectivity index (χ3v) is 7.48. The molecule has 0 radical (unpaired) electrons. The average Bonchev–Trinajstić information content (AvgIpc) is 3.25.